The standard InChI is InChI=1S/C15H12Cl2N2O2/c1-9(19-21)10-3-2-4-12(7-10)18-15(20)13-6-5-11(16)8-14(13)17/h2-8,21H,1H3,(H,18,20)/b19-9+. The largest absolute Gasteiger partial charge is 0.411 e. The van der Waals surface area contributed by atoms with Crippen LogP contribution < -0.4 is 5.32 Å². The predicted molar refractivity (Wildman–Crippen MR) is 84.9 cm³/mol. The van der Waals surface area contributed by atoms with Gasteiger partial charge in [-0.2, -0.15) is 0 Å². The summed E-state index contributed by atoms with van der Waals surface area (Å²) in [5, 5.41) is 15.4. The van der Waals surface area contributed by atoms with Crippen LogP contribution in [-0.2, 0) is 0 Å². The maximum absolute atomic E-state index is 12.2. The van der Waals surface area contributed by atoms with Crippen LogP contribution in [0, 0.1) is 0 Å². The molecule has 2 N–H and O–H groups in total. The van der Waals surface area contributed by atoms with Crippen molar-refractivity contribution in [2.75, 3.05) is 5.32 Å². The highest BCUT2D eigenvalue weighted by Gasteiger charge is 2.11. The zero-order chi connectivity index (χ0) is 15.4. The van der Waals surface area contributed by atoms with Gasteiger partial charge in [0, 0.05) is 16.3 Å². The second-order valence-corrected chi connectivity index (χ2v) is 5.19. The zero-order valence-electron chi connectivity index (χ0n) is 11.1. The van der Waals surface area contributed by atoms with Gasteiger partial charge in [-0.05, 0) is 37.3 Å². The van der Waals surface area contributed by atoms with Crippen molar-refractivity contribution in [2.45, 2.75) is 6.92 Å². The lowest BCUT2D eigenvalue weighted by atomic mass is 10.1. The second-order valence-electron chi connectivity index (χ2n) is 4.34. The summed E-state index contributed by atoms with van der Waals surface area (Å²) in [7, 11) is 0. The Bertz CT molecular complexity index is 715. The predicted octanol–water partition coefficient (Wildman–Crippen LogP) is 4.44. The number of hydrogen-bond donors (Lipinski definition) is 2. The SMILES string of the molecule is C/C(=N\O)c1cccc(NC(=O)c2ccc(Cl)cc2Cl)c1. The zero-order valence-corrected chi connectivity index (χ0v) is 12.6. The van der Waals surface area contributed by atoms with Crippen molar-refractivity contribution < 1.29 is 10.0 Å². The average molecular weight is 323 g/mol. The molecule has 0 bridgehead atoms. The molecule has 0 saturated heterocycles. The molecule has 2 aromatic carbocycles. The number of rotatable bonds is 3. The van der Waals surface area contributed by atoms with E-state index in [0.29, 0.717) is 27.5 Å². The molecule has 0 aromatic heterocycles. The summed E-state index contributed by atoms with van der Waals surface area (Å²) in [5.41, 5.74) is 2.07. The van der Waals surface area contributed by atoms with Crippen LogP contribution in [0.15, 0.2) is 47.6 Å². The van der Waals surface area contributed by atoms with Crippen molar-refractivity contribution in [3.8, 4) is 0 Å². The summed E-state index contributed by atoms with van der Waals surface area (Å²) >= 11 is 11.8. The number of nitrogens with zero attached hydrogens (tertiary/aromatic N) is 1. The van der Waals surface area contributed by atoms with E-state index in [0.717, 1.165) is 0 Å². The van der Waals surface area contributed by atoms with Crippen LogP contribution in [0.25, 0.3) is 0 Å². The quantitative estimate of drug-likeness (QED) is 0.498. The molecule has 0 spiro atoms. The van der Waals surface area contributed by atoms with Crippen molar-refractivity contribution in [1.82, 2.24) is 0 Å². The maximum Gasteiger partial charge on any atom is 0.257 e. The summed E-state index contributed by atoms with van der Waals surface area (Å²) in [4.78, 5) is 12.2. The number of oxime groups is 1. The molecule has 2 rings (SSSR count). The van der Waals surface area contributed by atoms with Gasteiger partial charge in [0.15, 0.2) is 0 Å². The Morgan fingerprint density at radius 2 is 1.95 bits per heavy atom. The first kappa shape index (κ1) is 15.4. The van der Waals surface area contributed by atoms with Crippen LogP contribution >= 0.6 is 23.2 Å². The van der Waals surface area contributed by atoms with Gasteiger partial charge >= 0.3 is 0 Å². The minimum atomic E-state index is -0.340. The number of hydrogen-bond acceptors (Lipinski definition) is 3. The Morgan fingerprint density at radius 3 is 2.62 bits per heavy atom. The molecule has 21 heavy (non-hydrogen) atoms. The first-order valence-corrected chi connectivity index (χ1v) is 6.82. The lowest BCUT2D eigenvalue weighted by Crippen LogP contribution is -2.12. The van der Waals surface area contributed by atoms with Crippen molar-refractivity contribution in [3.63, 3.8) is 0 Å². The molecular weight excluding hydrogens is 311 g/mol. The number of benzene rings is 2. The average Bonchev–Trinajstić information content (AvgIpc) is 2.46. The smallest absolute Gasteiger partial charge is 0.257 e. The lowest BCUT2D eigenvalue weighted by molar-refractivity contribution is 0.102. The number of amides is 1. The van der Waals surface area contributed by atoms with Gasteiger partial charge in [0.25, 0.3) is 5.91 Å². The molecule has 1 amide bonds. The van der Waals surface area contributed by atoms with E-state index in [9.17, 15) is 4.79 Å². The Labute approximate surface area is 132 Å². The van der Waals surface area contributed by atoms with E-state index >= 15 is 0 Å². The molecule has 0 radical (unpaired) electrons. The van der Waals surface area contributed by atoms with Crippen LogP contribution in [0.3, 0.4) is 0 Å². The van der Waals surface area contributed by atoms with Gasteiger partial charge in [-0.15, -0.1) is 0 Å². The third-order valence-corrected chi connectivity index (χ3v) is 3.41. The van der Waals surface area contributed by atoms with Crippen molar-refractivity contribution in [3.05, 3.63) is 63.6 Å². The van der Waals surface area contributed by atoms with E-state index in [2.05, 4.69) is 10.5 Å². The molecule has 0 heterocycles. The number of carbonyl (C=O) groups excluding carboxylic acids is 1. The molecule has 6 heteroatoms. The Morgan fingerprint density at radius 1 is 1.19 bits per heavy atom. The van der Waals surface area contributed by atoms with E-state index in [1.54, 1.807) is 43.3 Å². The van der Waals surface area contributed by atoms with Gasteiger partial charge in [-0.3, -0.25) is 4.79 Å². The monoisotopic (exact) mass is 322 g/mol. The van der Waals surface area contributed by atoms with Crippen LogP contribution in [-0.4, -0.2) is 16.8 Å². The molecule has 2 aromatic rings. The fourth-order valence-corrected chi connectivity index (χ4v) is 2.25. The summed E-state index contributed by atoms with van der Waals surface area (Å²) in [5.74, 6) is -0.340. The molecule has 0 aliphatic carbocycles. The third kappa shape index (κ3) is 3.74. The third-order valence-electron chi connectivity index (χ3n) is 2.86. The van der Waals surface area contributed by atoms with E-state index in [1.165, 1.54) is 6.07 Å². The molecule has 0 unspecified atom stereocenters. The molecule has 0 atom stereocenters. The Balaban J connectivity index is 2.23. The number of carbonyl (C=O) groups is 1. The highest BCUT2D eigenvalue weighted by molar-refractivity contribution is 6.37. The molecule has 0 saturated carbocycles. The second kappa shape index (κ2) is 6.61. The van der Waals surface area contributed by atoms with E-state index < -0.39 is 0 Å². The van der Waals surface area contributed by atoms with Crippen LogP contribution in [0.2, 0.25) is 10.0 Å². The first-order valence-electron chi connectivity index (χ1n) is 6.07. The molecule has 0 aliphatic heterocycles. The summed E-state index contributed by atoms with van der Waals surface area (Å²) in [6.45, 7) is 1.66. The van der Waals surface area contributed by atoms with Crippen molar-refractivity contribution in [1.29, 1.82) is 0 Å². The highest BCUT2D eigenvalue weighted by Crippen LogP contribution is 2.22. The summed E-state index contributed by atoms with van der Waals surface area (Å²) < 4.78 is 0. The van der Waals surface area contributed by atoms with Gasteiger partial charge < -0.3 is 10.5 Å². The molecule has 108 valence electrons. The lowest BCUT2D eigenvalue weighted by Gasteiger charge is -2.08. The molecule has 4 nitrogen and oxygen atoms in total. The number of nitrogens with one attached hydrogen (secondary N) is 1. The van der Waals surface area contributed by atoms with E-state index in [-0.39, 0.29) is 10.9 Å². The minimum absolute atomic E-state index is 0.282. The van der Waals surface area contributed by atoms with Gasteiger partial charge in [0.05, 0.1) is 16.3 Å². The maximum atomic E-state index is 12.2. The highest BCUT2D eigenvalue weighted by atomic mass is 35.5. The van der Waals surface area contributed by atoms with Gasteiger partial charge in [-0.25, -0.2) is 0 Å². The minimum Gasteiger partial charge on any atom is -0.411 e. The van der Waals surface area contributed by atoms with Crippen LogP contribution in [0.4, 0.5) is 5.69 Å². The summed E-state index contributed by atoms with van der Waals surface area (Å²) in [6.07, 6.45) is 0. The van der Waals surface area contributed by atoms with E-state index in [4.69, 9.17) is 28.4 Å². The molecular formula is C15H12Cl2N2O2. The van der Waals surface area contributed by atoms with Crippen LogP contribution in [0.5, 0.6) is 0 Å². The number of anilines is 1. The fourth-order valence-electron chi connectivity index (χ4n) is 1.75. The molecule has 0 fully saturated rings. The van der Waals surface area contributed by atoms with Gasteiger partial charge in [0.2, 0.25) is 0 Å². The van der Waals surface area contributed by atoms with Gasteiger partial charge in [0.1, 0.15) is 0 Å². The summed E-state index contributed by atoms with van der Waals surface area (Å²) in [6, 6.07) is 11.6. The van der Waals surface area contributed by atoms with Crippen LogP contribution in [0.1, 0.15) is 22.8 Å². The number of halogens is 2. The Hall–Kier alpha value is -2.04. The fraction of sp³-hybridized carbons (Fsp3) is 0.0667. The first-order chi connectivity index (χ1) is 10.0. The van der Waals surface area contributed by atoms with Gasteiger partial charge in [-0.1, -0.05) is 40.5 Å². The van der Waals surface area contributed by atoms with E-state index in [1.807, 2.05) is 0 Å². The topological polar surface area (TPSA) is 61.7 Å². The molecule has 0 aliphatic rings. The normalized spacial score (nSPS) is 11.3. The van der Waals surface area contributed by atoms with Crippen molar-refractivity contribution >= 4 is 40.5 Å². The Kier molecular flexibility index (Phi) is 4.83. The van der Waals surface area contributed by atoms with Crippen molar-refractivity contribution in [2.24, 2.45) is 5.16 Å².